The van der Waals surface area contributed by atoms with E-state index in [2.05, 4.69) is 14.8 Å². The van der Waals surface area contributed by atoms with Crippen molar-refractivity contribution < 1.29 is 4.39 Å². The van der Waals surface area contributed by atoms with Crippen LogP contribution in [0, 0.1) is 5.82 Å². The monoisotopic (exact) mass is 387 g/mol. The van der Waals surface area contributed by atoms with Crippen LogP contribution in [-0.4, -0.2) is 14.8 Å². The maximum atomic E-state index is 13.1. The molecule has 2 aromatic carbocycles. The standard InChI is InChI=1S/C20H19ClFN3S/c21-18-8-4-3-7-17(18)19-23-24-20(25(19)16-5-1-2-6-16)26-13-14-9-11-15(22)12-10-14/h3-4,7-12,16H,1-2,5-6,13H2. The lowest BCUT2D eigenvalue weighted by atomic mass is 10.2. The molecule has 6 heteroatoms. The highest BCUT2D eigenvalue weighted by Crippen LogP contribution is 2.38. The van der Waals surface area contributed by atoms with Gasteiger partial charge in [-0.3, -0.25) is 4.57 Å². The Balaban J connectivity index is 1.66. The first-order valence-corrected chi connectivity index (χ1v) is 10.2. The molecule has 0 bridgehead atoms. The van der Waals surface area contributed by atoms with Crippen LogP contribution in [0.2, 0.25) is 5.02 Å². The Hall–Kier alpha value is -1.85. The lowest BCUT2D eigenvalue weighted by molar-refractivity contribution is 0.485. The maximum absolute atomic E-state index is 13.1. The highest BCUT2D eigenvalue weighted by atomic mass is 35.5. The van der Waals surface area contributed by atoms with Gasteiger partial charge in [-0.2, -0.15) is 0 Å². The zero-order valence-electron chi connectivity index (χ0n) is 14.2. The Bertz CT molecular complexity index is 888. The molecule has 0 amide bonds. The lowest BCUT2D eigenvalue weighted by Gasteiger charge is -2.17. The van der Waals surface area contributed by atoms with Crippen LogP contribution >= 0.6 is 23.4 Å². The third kappa shape index (κ3) is 3.64. The van der Waals surface area contributed by atoms with Crippen LogP contribution in [0.4, 0.5) is 4.39 Å². The van der Waals surface area contributed by atoms with Crippen molar-refractivity contribution in [2.24, 2.45) is 0 Å². The van der Waals surface area contributed by atoms with Gasteiger partial charge in [-0.05, 0) is 42.7 Å². The third-order valence-electron chi connectivity index (χ3n) is 4.75. The van der Waals surface area contributed by atoms with Crippen LogP contribution in [0.25, 0.3) is 11.4 Å². The molecule has 0 unspecified atom stereocenters. The van der Waals surface area contributed by atoms with Crippen LogP contribution in [0.3, 0.4) is 0 Å². The van der Waals surface area contributed by atoms with Gasteiger partial charge in [-0.1, -0.05) is 60.5 Å². The average Bonchev–Trinajstić information content (AvgIpc) is 3.31. The summed E-state index contributed by atoms with van der Waals surface area (Å²) in [4.78, 5) is 0. The number of aromatic nitrogens is 3. The summed E-state index contributed by atoms with van der Waals surface area (Å²) in [6.07, 6.45) is 4.74. The Morgan fingerprint density at radius 3 is 2.50 bits per heavy atom. The van der Waals surface area contributed by atoms with Crippen LogP contribution in [-0.2, 0) is 5.75 Å². The molecule has 1 saturated carbocycles. The van der Waals surface area contributed by atoms with E-state index in [0.29, 0.717) is 11.1 Å². The molecule has 1 aromatic heterocycles. The zero-order chi connectivity index (χ0) is 17.9. The van der Waals surface area contributed by atoms with Crippen molar-refractivity contribution in [1.29, 1.82) is 0 Å². The molecule has 1 fully saturated rings. The van der Waals surface area contributed by atoms with E-state index in [1.54, 1.807) is 11.8 Å². The lowest BCUT2D eigenvalue weighted by Crippen LogP contribution is -2.08. The average molecular weight is 388 g/mol. The van der Waals surface area contributed by atoms with Crippen molar-refractivity contribution in [3.63, 3.8) is 0 Å². The van der Waals surface area contributed by atoms with E-state index >= 15 is 0 Å². The van der Waals surface area contributed by atoms with Gasteiger partial charge in [0.05, 0.1) is 5.02 Å². The molecule has 0 N–H and O–H groups in total. The number of hydrogen-bond donors (Lipinski definition) is 0. The largest absolute Gasteiger partial charge is 0.299 e. The number of halogens is 2. The van der Waals surface area contributed by atoms with Crippen molar-refractivity contribution in [3.05, 3.63) is 64.9 Å². The minimum atomic E-state index is -0.214. The fourth-order valence-electron chi connectivity index (χ4n) is 3.42. The fourth-order valence-corrected chi connectivity index (χ4v) is 4.60. The fraction of sp³-hybridized carbons (Fsp3) is 0.300. The molecule has 26 heavy (non-hydrogen) atoms. The first-order valence-electron chi connectivity index (χ1n) is 8.79. The van der Waals surface area contributed by atoms with E-state index < -0.39 is 0 Å². The summed E-state index contributed by atoms with van der Waals surface area (Å²) in [5, 5.41) is 10.5. The van der Waals surface area contributed by atoms with Gasteiger partial charge < -0.3 is 0 Å². The smallest absolute Gasteiger partial charge is 0.192 e. The van der Waals surface area contributed by atoms with Gasteiger partial charge in [0, 0.05) is 17.4 Å². The third-order valence-corrected chi connectivity index (χ3v) is 6.09. The van der Waals surface area contributed by atoms with Gasteiger partial charge in [0.1, 0.15) is 5.82 Å². The highest BCUT2D eigenvalue weighted by molar-refractivity contribution is 7.98. The summed E-state index contributed by atoms with van der Waals surface area (Å²) in [5.74, 6) is 1.35. The van der Waals surface area contributed by atoms with Crippen LogP contribution < -0.4 is 0 Å². The van der Waals surface area contributed by atoms with Gasteiger partial charge >= 0.3 is 0 Å². The van der Waals surface area contributed by atoms with E-state index in [1.807, 2.05) is 36.4 Å². The molecular weight excluding hydrogens is 369 g/mol. The SMILES string of the molecule is Fc1ccc(CSc2nnc(-c3ccccc3Cl)n2C2CCCC2)cc1. The summed E-state index contributed by atoms with van der Waals surface area (Å²) >= 11 is 8.05. The summed E-state index contributed by atoms with van der Waals surface area (Å²) < 4.78 is 15.4. The van der Waals surface area contributed by atoms with Gasteiger partial charge in [0.25, 0.3) is 0 Å². The number of hydrogen-bond acceptors (Lipinski definition) is 3. The highest BCUT2D eigenvalue weighted by Gasteiger charge is 2.25. The van der Waals surface area contributed by atoms with Crippen LogP contribution in [0.5, 0.6) is 0 Å². The van der Waals surface area contributed by atoms with Gasteiger partial charge in [-0.25, -0.2) is 4.39 Å². The van der Waals surface area contributed by atoms with E-state index in [0.717, 1.165) is 40.7 Å². The van der Waals surface area contributed by atoms with Crippen LogP contribution in [0.1, 0.15) is 37.3 Å². The van der Waals surface area contributed by atoms with Crippen molar-refractivity contribution >= 4 is 23.4 Å². The number of benzene rings is 2. The quantitative estimate of drug-likeness (QED) is 0.492. The zero-order valence-corrected chi connectivity index (χ0v) is 15.8. The van der Waals surface area contributed by atoms with E-state index in [-0.39, 0.29) is 5.82 Å². The molecule has 0 saturated heterocycles. The molecule has 134 valence electrons. The second-order valence-electron chi connectivity index (χ2n) is 6.51. The van der Waals surface area contributed by atoms with Crippen molar-refractivity contribution in [1.82, 2.24) is 14.8 Å². The minimum Gasteiger partial charge on any atom is -0.299 e. The molecule has 0 spiro atoms. The topological polar surface area (TPSA) is 30.7 Å². The minimum absolute atomic E-state index is 0.214. The molecule has 0 aliphatic heterocycles. The summed E-state index contributed by atoms with van der Waals surface area (Å²) in [6, 6.07) is 14.8. The normalized spacial score (nSPS) is 14.8. The summed E-state index contributed by atoms with van der Waals surface area (Å²) in [7, 11) is 0. The summed E-state index contributed by atoms with van der Waals surface area (Å²) in [6.45, 7) is 0. The first kappa shape index (κ1) is 17.6. The predicted octanol–water partition coefficient (Wildman–Crippen LogP) is 6.15. The number of nitrogens with zero attached hydrogens (tertiary/aromatic N) is 3. The van der Waals surface area contributed by atoms with Gasteiger partial charge in [0.15, 0.2) is 11.0 Å². The summed E-state index contributed by atoms with van der Waals surface area (Å²) in [5.41, 5.74) is 1.99. The number of rotatable bonds is 5. The predicted molar refractivity (Wildman–Crippen MR) is 104 cm³/mol. The van der Waals surface area contributed by atoms with Crippen molar-refractivity contribution in [2.75, 3.05) is 0 Å². The van der Waals surface area contributed by atoms with E-state index in [4.69, 9.17) is 11.6 Å². The molecule has 0 radical (unpaired) electrons. The maximum Gasteiger partial charge on any atom is 0.192 e. The second-order valence-corrected chi connectivity index (χ2v) is 7.86. The molecule has 4 rings (SSSR count). The molecule has 1 aliphatic carbocycles. The molecule has 1 aliphatic rings. The van der Waals surface area contributed by atoms with E-state index in [1.165, 1.54) is 25.0 Å². The Kier molecular flexibility index (Phi) is 5.27. The molecule has 1 heterocycles. The van der Waals surface area contributed by atoms with Crippen LogP contribution in [0.15, 0.2) is 53.7 Å². The van der Waals surface area contributed by atoms with E-state index in [9.17, 15) is 4.39 Å². The van der Waals surface area contributed by atoms with Crippen molar-refractivity contribution in [2.45, 2.75) is 42.6 Å². The van der Waals surface area contributed by atoms with Gasteiger partial charge in [-0.15, -0.1) is 10.2 Å². The van der Waals surface area contributed by atoms with Crippen molar-refractivity contribution in [3.8, 4) is 11.4 Å². The van der Waals surface area contributed by atoms with Gasteiger partial charge in [0.2, 0.25) is 0 Å². The molecular formula is C20H19ClFN3S. The Morgan fingerprint density at radius 1 is 1.04 bits per heavy atom. The second kappa shape index (κ2) is 7.80. The molecule has 3 aromatic rings. The number of thioether (sulfide) groups is 1. The Morgan fingerprint density at radius 2 is 1.77 bits per heavy atom. The first-order chi connectivity index (χ1) is 12.7. The molecule has 3 nitrogen and oxygen atoms in total. The Labute approximate surface area is 161 Å². The molecule has 0 atom stereocenters.